The lowest BCUT2D eigenvalue weighted by Crippen LogP contribution is -2.38. The van der Waals surface area contributed by atoms with E-state index in [9.17, 15) is 4.79 Å². The highest BCUT2D eigenvalue weighted by Crippen LogP contribution is 2.20. The summed E-state index contributed by atoms with van der Waals surface area (Å²) in [6.45, 7) is 3.91. The summed E-state index contributed by atoms with van der Waals surface area (Å²) in [5.74, 6) is 0.747. The molecule has 3 rings (SSSR count). The summed E-state index contributed by atoms with van der Waals surface area (Å²) in [6.07, 6.45) is 3.87. The van der Waals surface area contributed by atoms with Crippen LogP contribution in [0.5, 0.6) is 0 Å². The average molecular weight is 374 g/mol. The van der Waals surface area contributed by atoms with Crippen molar-refractivity contribution in [3.63, 3.8) is 0 Å². The molecule has 1 aliphatic heterocycles. The number of likely N-dealkylation sites (tertiary alicyclic amines) is 1. The summed E-state index contributed by atoms with van der Waals surface area (Å²) < 4.78 is 1.04. The van der Waals surface area contributed by atoms with E-state index in [4.69, 9.17) is 0 Å². The number of pyridine rings is 1. The Balaban J connectivity index is 1.64. The fraction of sp³-hybridized carbons (Fsp3) is 0.333. The van der Waals surface area contributed by atoms with Gasteiger partial charge in [-0.15, -0.1) is 0 Å². The molecule has 2 aromatic rings. The SMILES string of the molecule is CC1CCN(C(=O)c2ccc(Nc3ccc(Br)cc3)cn2)CC1. The van der Waals surface area contributed by atoms with Crippen molar-refractivity contribution in [2.45, 2.75) is 19.8 Å². The van der Waals surface area contributed by atoms with Crippen molar-refractivity contribution < 1.29 is 4.79 Å². The molecular weight excluding hydrogens is 354 g/mol. The molecule has 1 N–H and O–H groups in total. The summed E-state index contributed by atoms with van der Waals surface area (Å²) in [5.41, 5.74) is 2.37. The van der Waals surface area contributed by atoms with E-state index in [1.54, 1.807) is 12.3 Å². The highest BCUT2D eigenvalue weighted by molar-refractivity contribution is 9.10. The van der Waals surface area contributed by atoms with Gasteiger partial charge in [-0.2, -0.15) is 0 Å². The summed E-state index contributed by atoms with van der Waals surface area (Å²) in [7, 11) is 0. The van der Waals surface area contributed by atoms with E-state index in [1.165, 1.54) is 0 Å². The quantitative estimate of drug-likeness (QED) is 0.863. The fourth-order valence-corrected chi connectivity index (χ4v) is 2.93. The Morgan fingerprint density at radius 2 is 1.78 bits per heavy atom. The van der Waals surface area contributed by atoms with Gasteiger partial charge in [0.2, 0.25) is 0 Å². The monoisotopic (exact) mass is 373 g/mol. The number of nitrogens with zero attached hydrogens (tertiary/aromatic N) is 2. The van der Waals surface area contributed by atoms with Gasteiger partial charge < -0.3 is 10.2 Å². The summed E-state index contributed by atoms with van der Waals surface area (Å²) in [5, 5.41) is 3.27. The van der Waals surface area contributed by atoms with Crippen LogP contribution in [0.25, 0.3) is 0 Å². The zero-order valence-corrected chi connectivity index (χ0v) is 14.7. The molecule has 0 bridgehead atoms. The Labute approximate surface area is 145 Å². The minimum Gasteiger partial charge on any atom is -0.354 e. The number of anilines is 2. The molecule has 1 amide bonds. The number of benzene rings is 1. The second-order valence-corrected chi connectivity index (χ2v) is 6.95. The Morgan fingerprint density at radius 3 is 2.39 bits per heavy atom. The van der Waals surface area contributed by atoms with E-state index in [0.717, 1.165) is 41.8 Å². The van der Waals surface area contributed by atoms with Gasteiger partial charge in [-0.25, -0.2) is 4.98 Å². The lowest BCUT2D eigenvalue weighted by molar-refractivity contribution is 0.0691. The summed E-state index contributed by atoms with van der Waals surface area (Å²) in [6, 6.07) is 11.6. The number of rotatable bonds is 3. The number of piperidine rings is 1. The van der Waals surface area contributed by atoms with Gasteiger partial charge in [0, 0.05) is 23.2 Å². The third kappa shape index (κ3) is 4.10. The van der Waals surface area contributed by atoms with Crippen molar-refractivity contribution in [3.05, 3.63) is 52.8 Å². The molecule has 1 aromatic carbocycles. The Hall–Kier alpha value is -1.88. The number of nitrogens with one attached hydrogen (secondary N) is 1. The summed E-state index contributed by atoms with van der Waals surface area (Å²) >= 11 is 3.42. The van der Waals surface area contributed by atoms with Crippen molar-refractivity contribution >= 4 is 33.2 Å². The Morgan fingerprint density at radius 1 is 1.13 bits per heavy atom. The minimum atomic E-state index is 0.0343. The number of amides is 1. The van der Waals surface area contributed by atoms with Crippen LogP contribution < -0.4 is 5.32 Å². The van der Waals surface area contributed by atoms with Gasteiger partial charge >= 0.3 is 0 Å². The number of carbonyl (C=O) groups excluding carboxylic acids is 1. The van der Waals surface area contributed by atoms with Gasteiger partial charge in [-0.1, -0.05) is 22.9 Å². The normalized spacial score (nSPS) is 15.5. The number of halogens is 1. The first-order chi connectivity index (χ1) is 11.1. The zero-order chi connectivity index (χ0) is 16.2. The number of hydrogen-bond donors (Lipinski definition) is 1. The molecule has 2 heterocycles. The first-order valence-electron chi connectivity index (χ1n) is 7.90. The molecule has 0 saturated carbocycles. The van der Waals surface area contributed by atoms with Crippen LogP contribution in [0.15, 0.2) is 47.1 Å². The van der Waals surface area contributed by atoms with E-state index < -0.39 is 0 Å². The van der Waals surface area contributed by atoms with Crippen LogP contribution in [0.1, 0.15) is 30.3 Å². The van der Waals surface area contributed by atoms with Gasteiger partial charge in [-0.05, 0) is 55.2 Å². The van der Waals surface area contributed by atoms with E-state index in [-0.39, 0.29) is 5.91 Å². The highest BCUT2D eigenvalue weighted by atomic mass is 79.9. The maximum atomic E-state index is 12.5. The van der Waals surface area contributed by atoms with Crippen LogP contribution in [0.3, 0.4) is 0 Å². The molecule has 0 unspecified atom stereocenters. The fourth-order valence-electron chi connectivity index (χ4n) is 2.67. The van der Waals surface area contributed by atoms with Gasteiger partial charge in [0.05, 0.1) is 11.9 Å². The molecule has 5 heteroatoms. The van der Waals surface area contributed by atoms with Gasteiger partial charge in [0.15, 0.2) is 0 Å². The first-order valence-corrected chi connectivity index (χ1v) is 8.69. The maximum Gasteiger partial charge on any atom is 0.272 e. The number of aromatic nitrogens is 1. The van der Waals surface area contributed by atoms with Crippen LogP contribution in [0.2, 0.25) is 0 Å². The number of hydrogen-bond acceptors (Lipinski definition) is 3. The van der Waals surface area contributed by atoms with E-state index in [0.29, 0.717) is 11.6 Å². The summed E-state index contributed by atoms with van der Waals surface area (Å²) in [4.78, 5) is 18.7. The second kappa shape index (κ2) is 7.13. The molecule has 0 aliphatic carbocycles. The predicted octanol–water partition coefficient (Wildman–Crippen LogP) is 4.46. The molecule has 1 fully saturated rings. The molecule has 23 heavy (non-hydrogen) atoms. The van der Waals surface area contributed by atoms with E-state index in [2.05, 4.69) is 33.2 Å². The average Bonchev–Trinajstić information content (AvgIpc) is 2.58. The Kier molecular flexibility index (Phi) is 4.96. The maximum absolute atomic E-state index is 12.5. The van der Waals surface area contributed by atoms with Gasteiger partial charge in [-0.3, -0.25) is 4.79 Å². The zero-order valence-electron chi connectivity index (χ0n) is 13.1. The lowest BCUT2D eigenvalue weighted by atomic mass is 9.99. The molecule has 4 nitrogen and oxygen atoms in total. The molecule has 1 aromatic heterocycles. The van der Waals surface area contributed by atoms with Crippen LogP contribution >= 0.6 is 15.9 Å². The Bertz CT molecular complexity index is 662. The van der Waals surface area contributed by atoms with Crippen LogP contribution in [0.4, 0.5) is 11.4 Å². The van der Waals surface area contributed by atoms with Crippen molar-refractivity contribution in [1.29, 1.82) is 0 Å². The third-order valence-electron chi connectivity index (χ3n) is 4.19. The molecular formula is C18H20BrN3O. The van der Waals surface area contributed by atoms with Crippen molar-refractivity contribution in [2.75, 3.05) is 18.4 Å². The minimum absolute atomic E-state index is 0.0343. The first kappa shape index (κ1) is 16.0. The predicted molar refractivity (Wildman–Crippen MR) is 96.0 cm³/mol. The van der Waals surface area contributed by atoms with Crippen LogP contribution in [0, 0.1) is 5.92 Å². The van der Waals surface area contributed by atoms with E-state index >= 15 is 0 Å². The molecule has 0 spiro atoms. The molecule has 120 valence electrons. The van der Waals surface area contributed by atoms with Gasteiger partial charge in [0.25, 0.3) is 5.91 Å². The molecule has 1 aliphatic rings. The molecule has 0 radical (unpaired) electrons. The molecule has 0 atom stereocenters. The lowest BCUT2D eigenvalue weighted by Gasteiger charge is -2.30. The van der Waals surface area contributed by atoms with Crippen LogP contribution in [-0.4, -0.2) is 28.9 Å². The second-order valence-electron chi connectivity index (χ2n) is 6.04. The van der Waals surface area contributed by atoms with Crippen LogP contribution in [-0.2, 0) is 0 Å². The van der Waals surface area contributed by atoms with Gasteiger partial charge in [0.1, 0.15) is 5.69 Å². The van der Waals surface area contributed by atoms with Crippen molar-refractivity contribution in [2.24, 2.45) is 5.92 Å². The third-order valence-corrected chi connectivity index (χ3v) is 4.72. The molecule has 1 saturated heterocycles. The standard InChI is InChI=1S/C18H20BrN3O/c1-13-8-10-22(11-9-13)18(23)17-7-6-16(12-20-17)21-15-4-2-14(19)3-5-15/h2-7,12-13,21H,8-11H2,1H3. The number of carbonyl (C=O) groups is 1. The van der Waals surface area contributed by atoms with E-state index in [1.807, 2.05) is 35.2 Å². The highest BCUT2D eigenvalue weighted by Gasteiger charge is 2.22. The van der Waals surface area contributed by atoms with Crippen molar-refractivity contribution in [3.8, 4) is 0 Å². The van der Waals surface area contributed by atoms with Crippen molar-refractivity contribution in [1.82, 2.24) is 9.88 Å². The topological polar surface area (TPSA) is 45.2 Å². The smallest absolute Gasteiger partial charge is 0.272 e. The largest absolute Gasteiger partial charge is 0.354 e.